The van der Waals surface area contributed by atoms with Gasteiger partial charge in [-0.1, -0.05) is 48.9 Å². The van der Waals surface area contributed by atoms with E-state index in [1.54, 1.807) is 28.9 Å². The summed E-state index contributed by atoms with van der Waals surface area (Å²) in [5.41, 5.74) is 2.06. The van der Waals surface area contributed by atoms with Gasteiger partial charge in [-0.15, -0.1) is 0 Å². The average molecular weight is 307 g/mol. The molecule has 2 aromatic rings. The fraction of sp³-hybridized carbons (Fsp3) is 0.375. The highest BCUT2D eigenvalue weighted by molar-refractivity contribution is 6.32. The SMILES string of the molecule is CCc1nn(CC)c(CC(=O)C(O)c2ccccc2)c1Cl. The van der Waals surface area contributed by atoms with E-state index in [4.69, 9.17) is 11.6 Å². The number of aliphatic hydroxyl groups excluding tert-OH is 1. The van der Waals surface area contributed by atoms with Crippen LogP contribution in [0.1, 0.15) is 36.9 Å². The molecular formula is C16H19ClN2O2. The lowest BCUT2D eigenvalue weighted by atomic mass is 10.0. The number of halogens is 1. The molecule has 1 heterocycles. The van der Waals surface area contributed by atoms with E-state index in [0.29, 0.717) is 29.2 Å². The number of hydrogen-bond donors (Lipinski definition) is 1. The Morgan fingerprint density at radius 3 is 2.57 bits per heavy atom. The van der Waals surface area contributed by atoms with Gasteiger partial charge in [0.15, 0.2) is 5.78 Å². The molecule has 0 amide bonds. The fourth-order valence-corrected chi connectivity index (χ4v) is 2.60. The van der Waals surface area contributed by atoms with E-state index >= 15 is 0 Å². The lowest BCUT2D eigenvalue weighted by Crippen LogP contribution is -2.17. The van der Waals surface area contributed by atoms with E-state index in [0.717, 1.165) is 5.69 Å². The minimum Gasteiger partial charge on any atom is -0.381 e. The number of benzene rings is 1. The topological polar surface area (TPSA) is 55.1 Å². The van der Waals surface area contributed by atoms with Crippen molar-refractivity contribution in [2.75, 3.05) is 0 Å². The molecule has 0 fully saturated rings. The zero-order chi connectivity index (χ0) is 15.4. The predicted molar refractivity (Wildman–Crippen MR) is 82.4 cm³/mol. The van der Waals surface area contributed by atoms with Gasteiger partial charge in [0.25, 0.3) is 0 Å². The molecule has 1 N–H and O–H groups in total. The van der Waals surface area contributed by atoms with Crippen LogP contribution in [0, 0.1) is 0 Å². The highest BCUT2D eigenvalue weighted by atomic mass is 35.5. The van der Waals surface area contributed by atoms with E-state index < -0.39 is 6.10 Å². The largest absolute Gasteiger partial charge is 0.381 e. The number of aromatic nitrogens is 2. The minimum atomic E-state index is -1.13. The second-order valence-corrected chi connectivity index (χ2v) is 5.21. The quantitative estimate of drug-likeness (QED) is 0.892. The van der Waals surface area contributed by atoms with E-state index in [1.165, 1.54) is 0 Å². The molecule has 0 spiro atoms. The summed E-state index contributed by atoms with van der Waals surface area (Å²) >= 11 is 6.29. The van der Waals surface area contributed by atoms with Crippen molar-refractivity contribution in [1.82, 2.24) is 9.78 Å². The van der Waals surface area contributed by atoms with Crippen LogP contribution >= 0.6 is 11.6 Å². The minimum absolute atomic E-state index is 0.0791. The number of carbonyl (C=O) groups is 1. The monoisotopic (exact) mass is 306 g/mol. The Labute approximate surface area is 129 Å². The lowest BCUT2D eigenvalue weighted by molar-refractivity contribution is -0.126. The molecule has 1 atom stereocenters. The number of nitrogens with zero attached hydrogens (tertiary/aromatic N) is 2. The first-order valence-electron chi connectivity index (χ1n) is 7.08. The van der Waals surface area contributed by atoms with Crippen molar-refractivity contribution in [3.63, 3.8) is 0 Å². The summed E-state index contributed by atoms with van der Waals surface area (Å²) in [4.78, 5) is 12.3. The molecular weight excluding hydrogens is 288 g/mol. The zero-order valence-corrected chi connectivity index (χ0v) is 13.0. The summed E-state index contributed by atoms with van der Waals surface area (Å²) in [6.07, 6.45) is -0.336. The molecule has 0 bridgehead atoms. The molecule has 1 aromatic carbocycles. The average Bonchev–Trinajstić information content (AvgIpc) is 2.83. The number of aryl methyl sites for hydroxylation is 2. The Hall–Kier alpha value is -1.65. The van der Waals surface area contributed by atoms with Gasteiger partial charge in [0.1, 0.15) is 6.10 Å². The third-order valence-corrected chi connectivity index (χ3v) is 3.89. The van der Waals surface area contributed by atoms with Crippen molar-refractivity contribution < 1.29 is 9.90 Å². The van der Waals surface area contributed by atoms with E-state index in [2.05, 4.69) is 5.10 Å². The molecule has 21 heavy (non-hydrogen) atoms. The Balaban J connectivity index is 2.22. The van der Waals surface area contributed by atoms with Crippen molar-refractivity contribution in [3.05, 3.63) is 52.3 Å². The molecule has 1 aromatic heterocycles. The number of rotatable bonds is 6. The van der Waals surface area contributed by atoms with Gasteiger partial charge in [0.2, 0.25) is 0 Å². The normalized spacial score (nSPS) is 12.4. The maximum Gasteiger partial charge on any atom is 0.171 e. The highest BCUT2D eigenvalue weighted by Crippen LogP contribution is 2.24. The van der Waals surface area contributed by atoms with Crippen LogP contribution in [-0.2, 0) is 24.2 Å². The Kier molecular flexibility index (Phi) is 5.15. The molecule has 0 saturated carbocycles. The van der Waals surface area contributed by atoms with Crippen LogP contribution in [0.4, 0.5) is 0 Å². The summed E-state index contributed by atoms with van der Waals surface area (Å²) in [6, 6.07) is 8.91. The van der Waals surface area contributed by atoms with Crippen LogP contribution in [0.25, 0.3) is 0 Å². The summed E-state index contributed by atoms with van der Waals surface area (Å²) in [6.45, 7) is 4.56. The van der Waals surface area contributed by atoms with E-state index in [9.17, 15) is 9.90 Å². The van der Waals surface area contributed by atoms with Crippen molar-refractivity contribution in [1.29, 1.82) is 0 Å². The lowest BCUT2D eigenvalue weighted by Gasteiger charge is -2.11. The first kappa shape index (κ1) is 15.7. The van der Waals surface area contributed by atoms with Crippen LogP contribution in [0.3, 0.4) is 0 Å². The second kappa shape index (κ2) is 6.87. The Morgan fingerprint density at radius 2 is 2.00 bits per heavy atom. The van der Waals surface area contributed by atoms with Crippen LogP contribution in [0.2, 0.25) is 5.02 Å². The Morgan fingerprint density at radius 1 is 1.33 bits per heavy atom. The van der Waals surface area contributed by atoms with Gasteiger partial charge >= 0.3 is 0 Å². The van der Waals surface area contributed by atoms with Crippen LogP contribution < -0.4 is 0 Å². The van der Waals surface area contributed by atoms with Crippen LogP contribution in [-0.4, -0.2) is 20.7 Å². The second-order valence-electron chi connectivity index (χ2n) is 4.83. The number of carbonyl (C=O) groups excluding carboxylic acids is 1. The number of aliphatic hydroxyl groups is 1. The van der Waals surface area contributed by atoms with Crippen molar-refractivity contribution in [2.24, 2.45) is 0 Å². The fourth-order valence-electron chi connectivity index (χ4n) is 2.27. The van der Waals surface area contributed by atoms with Crippen molar-refractivity contribution in [2.45, 2.75) is 39.3 Å². The smallest absolute Gasteiger partial charge is 0.171 e. The summed E-state index contributed by atoms with van der Waals surface area (Å²) < 4.78 is 1.73. The predicted octanol–water partition coefficient (Wildman–Crippen LogP) is 2.96. The number of Topliss-reactive ketones (excluding diaryl/α,β-unsaturated/α-hetero) is 1. The first-order valence-corrected chi connectivity index (χ1v) is 7.46. The maximum absolute atomic E-state index is 12.3. The van der Waals surface area contributed by atoms with E-state index in [-0.39, 0.29) is 12.2 Å². The van der Waals surface area contributed by atoms with Crippen molar-refractivity contribution in [3.8, 4) is 0 Å². The molecule has 1 unspecified atom stereocenters. The molecule has 0 aliphatic carbocycles. The van der Waals surface area contributed by atoms with Gasteiger partial charge in [-0.25, -0.2) is 0 Å². The van der Waals surface area contributed by atoms with Crippen LogP contribution in [0.5, 0.6) is 0 Å². The highest BCUT2D eigenvalue weighted by Gasteiger charge is 2.22. The van der Waals surface area contributed by atoms with Gasteiger partial charge in [-0.3, -0.25) is 9.48 Å². The summed E-state index contributed by atoms with van der Waals surface area (Å²) in [7, 11) is 0. The zero-order valence-electron chi connectivity index (χ0n) is 12.2. The third-order valence-electron chi connectivity index (χ3n) is 3.46. The third kappa shape index (κ3) is 3.34. The maximum atomic E-state index is 12.3. The summed E-state index contributed by atoms with van der Waals surface area (Å²) in [5, 5.41) is 15.1. The standard InChI is InChI=1S/C16H19ClN2O2/c1-3-12-15(17)13(19(4-2)18-12)10-14(20)16(21)11-8-6-5-7-9-11/h5-9,16,21H,3-4,10H2,1-2H3. The molecule has 4 nitrogen and oxygen atoms in total. The molecule has 0 aliphatic rings. The molecule has 112 valence electrons. The number of ketones is 1. The van der Waals surface area contributed by atoms with Gasteiger partial charge in [0, 0.05) is 6.54 Å². The van der Waals surface area contributed by atoms with Gasteiger partial charge in [0.05, 0.1) is 22.8 Å². The number of hydrogen-bond acceptors (Lipinski definition) is 3. The molecule has 0 radical (unpaired) electrons. The molecule has 5 heteroatoms. The first-order chi connectivity index (χ1) is 10.1. The van der Waals surface area contributed by atoms with E-state index in [1.807, 2.05) is 19.9 Å². The van der Waals surface area contributed by atoms with Gasteiger partial charge in [-0.2, -0.15) is 5.10 Å². The molecule has 0 aliphatic heterocycles. The van der Waals surface area contributed by atoms with Gasteiger partial charge < -0.3 is 5.11 Å². The molecule has 0 saturated heterocycles. The van der Waals surface area contributed by atoms with Gasteiger partial charge in [-0.05, 0) is 18.9 Å². The molecule has 2 rings (SSSR count). The summed E-state index contributed by atoms with van der Waals surface area (Å²) in [5.74, 6) is -0.277. The van der Waals surface area contributed by atoms with Crippen molar-refractivity contribution >= 4 is 17.4 Å². The Bertz CT molecular complexity index is 623. The van der Waals surface area contributed by atoms with Crippen LogP contribution in [0.15, 0.2) is 30.3 Å².